The molecule has 3 aliphatic heterocycles. The van der Waals surface area contributed by atoms with Crippen LogP contribution in [-0.2, 0) is 20.4 Å². The lowest BCUT2D eigenvalue weighted by Gasteiger charge is -2.26. The van der Waals surface area contributed by atoms with Crippen LogP contribution in [0.4, 0.5) is 0 Å². The summed E-state index contributed by atoms with van der Waals surface area (Å²) in [6, 6.07) is 6.23. The average molecular weight is 486 g/mol. The zero-order valence-electron chi connectivity index (χ0n) is 21.1. The highest BCUT2D eigenvalue weighted by Crippen LogP contribution is 2.37. The Balaban J connectivity index is 0.000000161. The summed E-state index contributed by atoms with van der Waals surface area (Å²) >= 11 is 0. The summed E-state index contributed by atoms with van der Waals surface area (Å²) in [5, 5.41) is 0. The van der Waals surface area contributed by atoms with Crippen molar-refractivity contribution in [3.63, 3.8) is 0 Å². The molecule has 8 heteroatoms. The molecule has 5 rings (SSSR count). The van der Waals surface area contributed by atoms with Crippen molar-refractivity contribution in [1.82, 2.24) is 14.7 Å². The Hall–Kier alpha value is -2.37. The molecule has 1 N–H and O–H groups in total. The minimum absolute atomic E-state index is 0.00546. The first-order valence-electron chi connectivity index (χ1n) is 11.9. The van der Waals surface area contributed by atoms with Crippen molar-refractivity contribution in [2.75, 3.05) is 39.3 Å². The Labute approximate surface area is 204 Å². The molecule has 0 amide bonds. The van der Waals surface area contributed by atoms with Crippen LogP contribution in [0.3, 0.4) is 0 Å². The zero-order valence-corrected chi connectivity index (χ0v) is 22.1. The van der Waals surface area contributed by atoms with Crippen molar-refractivity contribution in [2.24, 2.45) is 0 Å². The topological polar surface area (TPSA) is 72.6 Å². The van der Waals surface area contributed by atoms with Crippen molar-refractivity contribution in [2.45, 2.75) is 52.4 Å². The van der Waals surface area contributed by atoms with Crippen LogP contribution in [0.15, 0.2) is 41.4 Å². The van der Waals surface area contributed by atoms with E-state index in [1.54, 1.807) is 0 Å². The second-order valence-electron chi connectivity index (χ2n) is 11.3. The van der Waals surface area contributed by atoms with Crippen LogP contribution in [0.25, 0.3) is 0 Å². The summed E-state index contributed by atoms with van der Waals surface area (Å²) in [4.78, 5) is 39.4. The van der Waals surface area contributed by atoms with Gasteiger partial charge in [0.15, 0.2) is 0 Å². The number of hydrogen-bond acceptors (Lipinski definition) is 7. The number of carbonyl (C=O) groups is 2. The molecule has 3 fully saturated rings. The molecule has 0 bridgehead atoms. The first-order chi connectivity index (χ1) is 15.9. The Morgan fingerprint density at radius 2 is 1.38 bits per heavy atom. The highest BCUT2D eigenvalue weighted by molar-refractivity contribution is 7.25. The van der Waals surface area contributed by atoms with Gasteiger partial charge in [0.05, 0.1) is 5.70 Å². The molecule has 184 valence electrons. The first kappa shape index (κ1) is 24.7. The van der Waals surface area contributed by atoms with Crippen molar-refractivity contribution in [3.8, 4) is 5.75 Å². The third-order valence-electron chi connectivity index (χ3n) is 6.30. The Bertz CT molecular complexity index is 1050. The van der Waals surface area contributed by atoms with Gasteiger partial charge in [-0.15, -0.1) is 0 Å². The van der Waals surface area contributed by atoms with Crippen LogP contribution >= 0.6 is 9.03 Å². The van der Waals surface area contributed by atoms with Gasteiger partial charge in [0, 0.05) is 50.9 Å². The molecule has 1 unspecified atom stereocenters. The number of nitrogens with zero attached hydrogens (tertiary/aromatic N) is 3. The molecule has 0 radical (unpaired) electrons. The normalized spacial score (nSPS) is 20.0. The Kier molecular flexibility index (Phi) is 6.56. The van der Waals surface area contributed by atoms with Gasteiger partial charge in [-0.05, 0) is 22.5 Å². The highest BCUT2D eigenvalue weighted by atomic mass is 31.1. The molecule has 3 heterocycles. The van der Waals surface area contributed by atoms with E-state index in [9.17, 15) is 9.59 Å². The maximum absolute atomic E-state index is 12.4. The molecule has 1 atom stereocenters. The number of hydrogen-bond donors (Lipinski definition) is 1. The number of ketones is 2. The highest BCUT2D eigenvalue weighted by Gasteiger charge is 2.43. The maximum atomic E-state index is 12.4. The summed E-state index contributed by atoms with van der Waals surface area (Å²) in [6.45, 7) is 18.5. The Morgan fingerprint density at radius 1 is 0.824 bits per heavy atom. The third-order valence-corrected chi connectivity index (χ3v) is 6.61. The van der Waals surface area contributed by atoms with Crippen molar-refractivity contribution < 1.29 is 19.0 Å². The van der Waals surface area contributed by atoms with Gasteiger partial charge >= 0.3 is 0 Å². The van der Waals surface area contributed by atoms with E-state index in [1.807, 2.05) is 20.8 Å². The van der Waals surface area contributed by atoms with E-state index in [0.717, 1.165) is 50.6 Å². The maximum Gasteiger partial charge on any atom is 0.227 e. The lowest BCUT2D eigenvalue weighted by molar-refractivity contribution is -0.117. The van der Waals surface area contributed by atoms with E-state index in [4.69, 9.17) is 9.42 Å². The van der Waals surface area contributed by atoms with Crippen molar-refractivity contribution in [3.05, 3.63) is 52.5 Å². The minimum Gasteiger partial charge on any atom is -0.450 e. The van der Waals surface area contributed by atoms with Gasteiger partial charge in [-0.1, -0.05) is 53.7 Å². The standard InChI is InChI=1S/C14H23O2P.C12H13N3O2/c1-13(2,3)10-7-8-12(16-17-15)11(9-10)14(4,5)6;16-9-7-8(13-1-2-13)12(17)11(15-5-6-15)10(9)14-3-4-14/h7-9,15,17H,1-6H3;7H,1-6H2. The molecule has 0 spiro atoms. The molecule has 0 saturated carbocycles. The van der Waals surface area contributed by atoms with Gasteiger partial charge in [-0.25, -0.2) is 0 Å². The molecule has 1 aromatic rings. The van der Waals surface area contributed by atoms with Crippen molar-refractivity contribution >= 4 is 20.6 Å². The van der Waals surface area contributed by atoms with Gasteiger partial charge in [-0.3, -0.25) is 9.59 Å². The van der Waals surface area contributed by atoms with E-state index in [2.05, 4.69) is 53.7 Å². The summed E-state index contributed by atoms with van der Waals surface area (Å²) < 4.78 is 5.31. The molecule has 34 heavy (non-hydrogen) atoms. The number of rotatable bonds is 5. The first-order valence-corrected chi connectivity index (χ1v) is 12.8. The molecule has 4 aliphatic rings. The van der Waals surface area contributed by atoms with Crippen LogP contribution < -0.4 is 4.52 Å². The second-order valence-corrected chi connectivity index (χ2v) is 11.7. The molecule has 1 aromatic carbocycles. The second kappa shape index (κ2) is 9.01. The number of allylic oxidation sites excluding steroid dienone is 1. The Morgan fingerprint density at radius 3 is 1.85 bits per heavy atom. The lowest BCUT2D eigenvalue weighted by Crippen LogP contribution is -2.29. The molecular formula is C26H36N3O4P. The van der Waals surface area contributed by atoms with Crippen molar-refractivity contribution in [1.29, 1.82) is 0 Å². The molecule has 7 nitrogen and oxygen atoms in total. The summed E-state index contributed by atoms with van der Waals surface area (Å²) in [6.07, 6.45) is 1.52. The average Bonchev–Trinajstić information content (AvgIpc) is 3.61. The molecular weight excluding hydrogens is 449 g/mol. The van der Waals surface area contributed by atoms with Gasteiger partial charge in [0.25, 0.3) is 0 Å². The minimum atomic E-state index is -0.506. The quantitative estimate of drug-likeness (QED) is 0.390. The van der Waals surface area contributed by atoms with E-state index in [-0.39, 0.29) is 22.4 Å². The molecule has 0 aromatic heterocycles. The number of Topliss-reactive ketones (excluding diaryl/α,β-unsaturated/α-hetero) is 1. The largest absolute Gasteiger partial charge is 0.450 e. The van der Waals surface area contributed by atoms with Gasteiger partial charge in [0.2, 0.25) is 20.6 Å². The van der Waals surface area contributed by atoms with Gasteiger partial charge in [0.1, 0.15) is 17.1 Å². The molecule has 1 aliphatic carbocycles. The van der Waals surface area contributed by atoms with E-state index in [0.29, 0.717) is 17.1 Å². The summed E-state index contributed by atoms with van der Waals surface area (Å²) in [5.74, 6) is 0.832. The third kappa shape index (κ3) is 5.47. The monoisotopic (exact) mass is 485 g/mol. The summed E-state index contributed by atoms with van der Waals surface area (Å²) in [5.41, 5.74) is 4.45. The fourth-order valence-corrected chi connectivity index (χ4v) is 4.27. The summed E-state index contributed by atoms with van der Waals surface area (Å²) in [7, 11) is -0.506. The number of carbonyl (C=O) groups excluding carboxylic acids is 2. The van der Waals surface area contributed by atoms with Crippen LogP contribution in [-0.4, -0.2) is 70.4 Å². The SMILES string of the molecule is CC(C)(C)c1ccc(OPO)c(C(C)(C)C)c1.O=C1C=C(N2CC2)C(=O)C(N2CC2)=C1N1CC1. The van der Waals surface area contributed by atoms with Crippen LogP contribution in [0.1, 0.15) is 52.7 Å². The fourth-order valence-electron chi connectivity index (χ4n) is 4.00. The fraction of sp³-hybridized carbons (Fsp3) is 0.538. The molecule has 3 saturated heterocycles. The van der Waals surface area contributed by atoms with E-state index >= 15 is 0 Å². The van der Waals surface area contributed by atoms with E-state index < -0.39 is 9.03 Å². The predicted molar refractivity (Wildman–Crippen MR) is 135 cm³/mol. The van der Waals surface area contributed by atoms with Gasteiger partial charge < -0.3 is 24.1 Å². The van der Waals surface area contributed by atoms with Crippen LogP contribution in [0, 0.1) is 0 Å². The van der Waals surface area contributed by atoms with E-state index in [1.165, 1.54) is 11.6 Å². The zero-order chi connectivity index (χ0) is 24.8. The predicted octanol–water partition coefficient (Wildman–Crippen LogP) is 3.34. The smallest absolute Gasteiger partial charge is 0.227 e. The van der Waals surface area contributed by atoms with Crippen LogP contribution in [0.2, 0.25) is 0 Å². The van der Waals surface area contributed by atoms with Gasteiger partial charge in [-0.2, -0.15) is 0 Å². The number of benzene rings is 1. The lowest BCUT2D eigenvalue weighted by atomic mass is 9.80. The van der Waals surface area contributed by atoms with Crippen LogP contribution in [0.5, 0.6) is 5.75 Å².